The first kappa shape index (κ1) is 16.3. The van der Waals surface area contributed by atoms with E-state index in [0.717, 1.165) is 26.1 Å². The van der Waals surface area contributed by atoms with Crippen LogP contribution in [0.5, 0.6) is 0 Å². The van der Waals surface area contributed by atoms with E-state index in [0.29, 0.717) is 19.4 Å². The fourth-order valence-corrected chi connectivity index (χ4v) is 3.76. The summed E-state index contributed by atoms with van der Waals surface area (Å²) in [7, 11) is 0. The quantitative estimate of drug-likeness (QED) is 0.927. The van der Waals surface area contributed by atoms with Gasteiger partial charge < -0.3 is 9.84 Å². The fraction of sp³-hybridized carbons (Fsp3) is 0.611. The third-order valence-corrected chi connectivity index (χ3v) is 5.25. The summed E-state index contributed by atoms with van der Waals surface area (Å²) in [6, 6.07) is 10.4. The largest absolute Gasteiger partial charge is 0.437 e. The molecule has 1 spiro atoms. The zero-order chi connectivity index (χ0) is 16.5. The normalized spacial score (nSPS) is 27.4. The SMILES string of the molecule is CCCN1C(=O)OC2(CCN(Cc3ccccc3)CC2)C1(C)O. The van der Waals surface area contributed by atoms with Crippen LogP contribution in [0, 0.1) is 0 Å². The highest BCUT2D eigenvalue weighted by atomic mass is 16.6. The lowest BCUT2D eigenvalue weighted by molar-refractivity contribution is -0.165. The number of amides is 1. The number of carbonyl (C=O) groups is 1. The lowest BCUT2D eigenvalue weighted by atomic mass is 9.82. The second-order valence-electron chi connectivity index (χ2n) is 6.80. The van der Waals surface area contributed by atoms with Gasteiger partial charge in [-0.2, -0.15) is 0 Å². The maximum absolute atomic E-state index is 12.2. The molecule has 126 valence electrons. The van der Waals surface area contributed by atoms with Gasteiger partial charge >= 0.3 is 6.09 Å². The van der Waals surface area contributed by atoms with Crippen LogP contribution in [-0.2, 0) is 11.3 Å². The van der Waals surface area contributed by atoms with Crippen LogP contribution in [0.15, 0.2) is 30.3 Å². The second-order valence-corrected chi connectivity index (χ2v) is 6.80. The van der Waals surface area contributed by atoms with E-state index in [4.69, 9.17) is 4.74 Å². The Morgan fingerprint density at radius 1 is 1.22 bits per heavy atom. The van der Waals surface area contributed by atoms with E-state index in [9.17, 15) is 9.90 Å². The first-order valence-electron chi connectivity index (χ1n) is 8.48. The highest BCUT2D eigenvalue weighted by Crippen LogP contribution is 2.44. The molecule has 2 heterocycles. The van der Waals surface area contributed by atoms with E-state index in [1.54, 1.807) is 6.92 Å². The van der Waals surface area contributed by atoms with E-state index in [1.807, 2.05) is 25.1 Å². The molecule has 0 saturated carbocycles. The number of ether oxygens (including phenoxy) is 1. The van der Waals surface area contributed by atoms with Crippen molar-refractivity contribution in [2.75, 3.05) is 19.6 Å². The van der Waals surface area contributed by atoms with E-state index in [1.165, 1.54) is 10.5 Å². The lowest BCUT2D eigenvalue weighted by Gasteiger charge is -2.44. The molecule has 3 rings (SSSR count). The number of carbonyl (C=O) groups excluding carboxylic acids is 1. The van der Waals surface area contributed by atoms with Crippen LogP contribution in [0.25, 0.3) is 0 Å². The zero-order valence-corrected chi connectivity index (χ0v) is 14.0. The minimum absolute atomic E-state index is 0.381. The third-order valence-electron chi connectivity index (χ3n) is 5.25. The van der Waals surface area contributed by atoms with E-state index < -0.39 is 11.3 Å². The van der Waals surface area contributed by atoms with E-state index >= 15 is 0 Å². The van der Waals surface area contributed by atoms with Crippen molar-refractivity contribution in [1.29, 1.82) is 0 Å². The predicted molar refractivity (Wildman–Crippen MR) is 87.8 cm³/mol. The average molecular weight is 318 g/mol. The minimum atomic E-state index is -1.22. The van der Waals surface area contributed by atoms with Crippen LogP contribution in [0.3, 0.4) is 0 Å². The highest BCUT2D eigenvalue weighted by Gasteiger charge is 2.62. The van der Waals surface area contributed by atoms with Crippen molar-refractivity contribution in [3.63, 3.8) is 0 Å². The summed E-state index contributed by atoms with van der Waals surface area (Å²) in [5.74, 6) is 0. The maximum atomic E-state index is 12.2. The lowest BCUT2D eigenvalue weighted by Crippen LogP contribution is -2.60. The van der Waals surface area contributed by atoms with Gasteiger partial charge in [-0.1, -0.05) is 37.3 Å². The molecule has 0 aromatic heterocycles. The van der Waals surface area contributed by atoms with Gasteiger partial charge in [-0.15, -0.1) is 0 Å². The Hall–Kier alpha value is -1.59. The molecule has 1 atom stereocenters. The van der Waals surface area contributed by atoms with Crippen LogP contribution < -0.4 is 0 Å². The van der Waals surface area contributed by atoms with Crippen molar-refractivity contribution in [3.8, 4) is 0 Å². The Balaban J connectivity index is 1.67. The molecule has 2 fully saturated rings. The van der Waals surface area contributed by atoms with Gasteiger partial charge in [0, 0.05) is 39.0 Å². The molecular weight excluding hydrogens is 292 g/mol. The Morgan fingerprint density at radius 3 is 2.48 bits per heavy atom. The number of hydrogen-bond acceptors (Lipinski definition) is 4. The molecule has 0 aliphatic carbocycles. The molecule has 2 saturated heterocycles. The molecule has 0 bridgehead atoms. The number of nitrogens with zero attached hydrogens (tertiary/aromatic N) is 2. The number of likely N-dealkylation sites (tertiary alicyclic amines) is 1. The Morgan fingerprint density at radius 2 is 1.87 bits per heavy atom. The summed E-state index contributed by atoms with van der Waals surface area (Å²) in [6.07, 6.45) is 1.76. The smallest absolute Gasteiger partial charge is 0.412 e. The first-order valence-corrected chi connectivity index (χ1v) is 8.48. The van der Waals surface area contributed by atoms with Crippen molar-refractivity contribution >= 4 is 6.09 Å². The molecule has 23 heavy (non-hydrogen) atoms. The molecule has 1 unspecified atom stereocenters. The summed E-state index contributed by atoms with van der Waals surface area (Å²) in [6.45, 7) is 6.78. The third kappa shape index (κ3) is 2.83. The van der Waals surface area contributed by atoms with Gasteiger partial charge in [0.05, 0.1) is 0 Å². The number of rotatable bonds is 4. The summed E-state index contributed by atoms with van der Waals surface area (Å²) in [5.41, 5.74) is -0.711. The van der Waals surface area contributed by atoms with Crippen LogP contribution in [0.2, 0.25) is 0 Å². The first-order chi connectivity index (χ1) is 11.0. The molecule has 1 aromatic rings. The topological polar surface area (TPSA) is 53.0 Å². The van der Waals surface area contributed by atoms with Gasteiger partial charge in [-0.05, 0) is 18.9 Å². The Labute approximate surface area is 137 Å². The standard InChI is InChI=1S/C18H26N2O3/c1-3-11-20-16(21)23-18(17(20,2)22)9-12-19(13-10-18)14-15-7-5-4-6-8-15/h4-8,22H,3,9-14H2,1-2H3. The summed E-state index contributed by atoms with van der Waals surface area (Å²) >= 11 is 0. The Bertz CT molecular complexity index is 551. The predicted octanol–water partition coefficient (Wildman–Crippen LogP) is 2.59. The van der Waals surface area contributed by atoms with Crippen molar-refractivity contribution in [2.45, 2.75) is 51.0 Å². The second kappa shape index (κ2) is 6.13. The Kier molecular flexibility index (Phi) is 4.34. The van der Waals surface area contributed by atoms with Crippen LogP contribution in [-0.4, -0.2) is 52.0 Å². The van der Waals surface area contributed by atoms with Gasteiger partial charge in [0.25, 0.3) is 0 Å². The van der Waals surface area contributed by atoms with E-state index in [-0.39, 0.29) is 6.09 Å². The fourth-order valence-electron chi connectivity index (χ4n) is 3.76. The van der Waals surface area contributed by atoms with Gasteiger partial charge in [0.2, 0.25) is 0 Å². The molecule has 1 amide bonds. The van der Waals surface area contributed by atoms with Crippen molar-refractivity contribution in [3.05, 3.63) is 35.9 Å². The monoisotopic (exact) mass is 318 g/mol. The minimum Gasteiger partial charge on any atom is -0.437 e. The van der Waals surface area contributed by atoms with Crippen LogP contribution in [0.1, 0.15) is 38.7 Å². The number of aliphatic hydroxyl groups is 1. The molecule has 5 nitrogen and oxygen atoms in total. The van der Waals surface area contributed by atoms with Crippen molar-refractivity contribution in [1.82, 2.24) is 9.80 Å². The highest BCUT2D eigenvalue weighted by molar-refractivity contribution is 5.72. The molecule has 1 N–H and O–H groups in total. The van der Waals surface area contributed by atoms with E-state index in [2.05, 4.69) is 17.0 Å². The van der Waals surface area contributed by atoms with Crippen molar-refractivity contribution in [2.24, 2.45) is 0 Å². The van der Waals surface area contributed by atoms with Gasteiger partial charge in [-0.25, -0.2) is 4.79 Å². The molecule has 1 aromatic carbocycles. The van der Waals surface area contributed by atoms with Gasteiger partial charge in [0.15, 0.2) is 11.3 Å². The number of hydrogen-bond donors (Lipinski definition) is 1. The van der Waals surface area contributed by atoms with Crippen molar-refractivity contribution < 1.29 is 14.6 Å². The zero-order valence-electron chi connectivity index (χ0n) is 14.0. The average Bonchev–Trinajstić information content (AvgIpc) is 2.71. The van der Waals surface area contributed by atoms with Gasteiger partial charge in [-0.3, -0.25) is 9.80 Å². The van der Waals surface area contributed by atoms with Crippen LogP contribution in [0.4, 0.5) is 4.79 Å². The van der Waals surface area contributed by atoms with Gasteiger partial charge in [0.1, 0.15) is 0 Å². The molecule has 2 aliphatic rings. The van der Waals surface area contributed by atoms with Crippen LogP contribution >= 0.6 is 0 Å². The summed E-state index contributed by atoms with van der Waals surface area (Å²) in [4.78, 5) is 16.0. The summed E-state index contributed by atoms with van der Waals surface area (Å²) in [5, 5.41) is 11.0. The molecular formula is C18H26N2O3. The number of benzene rings is 1. The maximum Gasteiger partial charge on any atom is 0.412 e. The summed E-state index contributed by atoms with van der Waals surface area (Å²) < 4.78 is 5.68. The number of piperidine rings is 1. The molecule has 0 radical (unpaired) electrons. The molecule has 5 heteroatoms. The molecule has 2 aliphatic heterocycles.